The third-order valence-corrected chi connectivity index (χ3v) is 6.82. The summed E-state index contributed by atoms with van der Waals surface area (Å²) in [6.07, 6.45) is 2.61. The van der Waals surface area contributed by atoms with Crippen LogP contribution in [0.25, 0.3) is 0 Å². The molecule has 19 heavy (non-hydrogen) atoms. The second kappa shape index (κ2) is 5.81. The van der Waals surface area contributed by atoms with Crippen LogP contribution in [0.3, 0.4) is 0 Å². The van der Waals surface area contributed by atoms with Gasteiger partial charge in [-0.05, 0) is 43.4 Å². The average molecular weight is 302 g/mol. The van der Waals surface area contributed by atoms with E-state index < -0.39 is 15.1 Å². The van der Waals surface area contributed by atoms with Gasteiger partial charge in [0.15, 0.2) is 9.84 Å². The van der Waals surface area contributed by atoms with E-state index in [-0.39, 0.29) is 10.8 Å². The summed E-state index contributed by atoms with van der Waals surface area (Å²) in [6.45, 7) is 2.52. The van der Waals surface area contributed by atoms with Gasteiger partial charge in [0.25, 0.3) is 0 Å². The highest BCUT2D eigenvalue weighted by atomic mass is 35.5. The molecule has 3 unspecified atom stereocenters. The fourth-order valence-corrected chi connectivity index (χ4v) is 5.61. The predicted molar refractivity (Wildman–Crippen MR) is 78.0 cm³/mol. The Morgan fingerprint density at radius 2 is 2.00 bits per heavy atom. The summed E-state index contributed by atoms with van der Waals surface area (Å²) < 4.78 is 25.6. The van der Waals surface area contributed by atoms with Gasteiger partial charge in [-0.15, -0.1) is 0 Å². The van der Waals surface area contributed by atoms with Crippen LogP contribution in [-0.2, 0) is 9.84 Å². The standard InChI is InChI=1S/C14H20ClNO2S/c1-10-6-7-11(9-16)14(8-10)19(17,18)13-5-3-2-4-12(13)15/h2-5,10-11,14H,6-9,16H2,1H3. The van der Waals surface area contributed by atoms with Gasteiger partial charge in [-0.25, -0.2) is 8.42 Å². The molecule has 1 fully saturated rings. The van der Waals surface area contributed by atoms with Crippen molar-refractivity contribution in [3.63, 3.8) is 0 Å². The van der Waals surface area contributed by atoms with Crippen molar-refractivity contribution in [1.29, 1.82) is 0 Å². The molecule has 3 nitrogen and oxygen atoms in total. The Bertz CT molecular complexity index is 544. The molecule has 2 rings (SSSR count). The van der Waals surface area contributed by atoms with E-state index in [1.54, 1.807) is 24.3 Å². The van der Waals surface area contributed by atoms with E-state index >= 15 is 0 Å². The van der Waals surface area contributed by atoms with Crippen molar-refractivity contribution < 1.29 is 8.42 Å². The van der Waals surface area contributed by atoms with Crippen molar-refractivity contribution in [2.75, 3.05) is 6.54 Å². The first-order valence-corrected chi connectivity index (χ1v) is 8.57. The molecule has 1 saturated carbocycles. The van der Waals surface area contributed by atoms with Gasteiger partial charge in [-0.2, -0.15) is 0 Å². The van der Waals surface area contributed by atoms with Gasteiger partial charge in [0.05, 0.1) is 15.2 Å². The van der Waals surface area contributed by atoms with Gasteiger partial charge < -0.3 is 5.73 Å². The van der Waals surface area contributed by atoms with E-state index in [1.807, 2.05) is 0 Å². The van der Waals surface area contributed by atoms with E-state index in [0.717, 1.165) is 12.8 Å². The smallest absolute Gasteiger partial charge is 0.183 e. The van der Waals surface area contributed by atoms with Crippen molar-refractivity contribution in [3.05, 3.63) is 29.3 Å². The minimum atomic E-state index is -3.40. The fraction of sp³-hybridized carbons (Fsp3) is 0.571. The van der Waals surface area contributed by atoms with Crippen LogP contribution >= 0.6 is 11.6 Å². The van der Waals surface area contributed by atoms with Crippen LogP contribution < -0.4 is 5.73 Å². The lowest BCUT2D eigenvalue weighted by atomic mass is 9.82. The molecule has 0 heterocycles. The molecule has 1 aliphatic rings. The lowest BCUT2D eigenvalue weighted by Crippen LogP contribution is -2.39. The Morgan fingerprint density at radius 3 is 2.63 bits per heavy atom. The molecule has 5 heteroatoms. The van der Waals surface area contributed by atoms with Gasteiger partial charge in [0, 0.05) is 0 Å². The molecule has 0 aromatic heterocycles. The zero-order valence-electron chi connectivity index (χ0n) is 11.0. The Kier molecular flexibility index (Phi) is 4.54. The first-order chi connectivity index (χ1) is 8.96. The zero-order chi connectivity index (χ0) is 14.0. The molecule has 0 amide bonds. The largest absolute Gasteiger partial charge is 0.330 e. The molecule has 1 aliphatic carbocycles. The van der Waals surface area contributed by atoms with E-state index in [0.29, 0.717) is 23.9 Å². The van der Waals surface area contributed by atoms with Crippen LogP contribution in [0.2, 0.25) is 5.02 Å². The number of rotatable bonds is 3. The summed E-state index contributed by atoms with van der Waals surface area (Å²) in [4.78, 5) is 0.245. The summed E-state index contributed by atoms with van der Waals surface area (Å²) in [5.41, 5.74) is 5.75. The second-order valence-electron chi connectivity index (χ2n) is 5.43. The quantitative estimate of drug-likeness (QED) is 0.934. The van der Waals surface area contributed by atoms with Crippen LogP contribution in [0.4, 0.5) is 0 Å². The molecule has 2 N–H and O–H groups in total. The lowest BCUT2D eigenvalue weighted by Gasteiger charge is -2.33. The van der Waals surface area contributed by atoms with Gasteiger partial charge in [-0.1, -0.05) is 37.1 Å². The first kappa shape index (κ1) is 14.8. The highest BCUT2D eigenvalue weighted by Gasteiger charge is 2.38. The van der Waals surface area contributed by atoms with Gasteiger partial charge in [0.1, 0.15) is 0 Å². The van der Waals surface area contributed by atoms with Crippen LogP contribution in [-0.4, -0.2) is 20.2 Å². The normalized spacial score (nSPS) is 28.3. The Labute approximate surface area is 120 Å². The summed E-state index contributed by atoms with van der Waals surface area (Å²) in [7, 11) is -3.40. The van der Waals surface area contributed by atoms with Crippen LogP contribution in [0.1, 0.15) is 26.2 Å². The summed E-state index contributed by atoms with van der Waals surface area (Å²) in [5.74, 6) is 0.461. The molecule has 3 atom stereocenters. The number of benzene rings is 1. The monoisotopic (exact) mass is 301 g/mol. The summed E-state index contributed by atoms with van der Waals surface area (Å²) >= 11 is 6.04. The van der Waals surface area contributed by atoms with Gasteiger partial charge in [-0.3, -0.25) is 0 Å². The Hall–Kier alpha value is -0.580. The topological polar surface area (TPSA) is 60.2 Å². The van der Waals surface area contributed by atoms with Crippen LogP contribution in [0.5, 0.6) is 0 Å². The summed E-state index contributed by atoms with van der Waals surface area (Å²) in [6, 6.07) is 6.66. The van der Waals surface area contributed by atoms with Gasteiger partial charge in [0.2, 0.25) is 0 Å². The molecular weight excluding hydrogens is 282 g/mol. The Morgan fingerprint density at radius 1 is 1.32 bits per heavy atom. The molecule has 0 saturated heterocycles. The van der Waals surface area contributed by atoms with Crippen molar-refractivity contribution in [2.24, 2.45) is 17.6 Å². The minimum Gasteiger partial charge on any atom is -0.330 e. The van der Waals surface area contributed by atoms with E-state index in [1.165, 1.54) is 0 Å². The third kappa shape index (κ3) is 2.96. The van der Waals surface area contributed by atoms with Crippen LogP contribution in [0, 0.1) is 11.8 Å². The van der Waals surface area contributed by atoms with E-state index in [9.17, 15) is 8.42 Å². The number of hydrogen-bond donors (Lipinski definition) is 1. The molecule has 0 bridgehead atoms. The van der Waals surface area contributed by atoms with Crippen molar-refractivity contribution in [3.8, 4) is 0 Å². The highest BCUT2D eigenvalue weighted by molar-refractivity contribution is 7.92. The number of sulfone groups is 1. The van der Waals surface area contributed by atoms with E-state index in [4.69, 9.17) is 17.3 Å². The van der Waals surface area contributed by atoms with E-state index in [2.05, 4.69) is 6.92 Å². The SMILES string of the molecule is CC1CCC(CN)C(S(=O)(=O)c2ccccc2Cl)C1. The minimum absolute atomic E-state index is 0.0393. The number of hydrogen-bond acceptors (Lipinski definition) is 3. The number of nitrogens with two attached hydrogens (primary N) is 1. The molecule has 1 aromatic rings. The van der Waals surface area contributed by atoms with Crippen LogP contribution in [0.15, 0.2) is 29.2 Å². The molecule has 1 aromatic carbocycles. The molecule has 0 spiro atoms. The molecule has 0 aliphatic heterocycles. The highest BCUT2D eigenvalue weighted by Crippen LogP contribution is 2.37. The lowest BCUT2D eigenvalue weighted by molar-refractivity contribution is 0.296. The number of halogens is 1. The second-order valence-corrected chi connectivity index (χ2v) is 7.97. The predicted octanol–water partition coefficient (Wildman–Crippen LogP) is 2.88. The first-order valence-electron chi connectivity index (χ1n) is 6.65. The molecule has 106 valence electrons. The van der Waals surface area contributed by atoms with Crippen molar-refractivity contribution in [2.45, 2.75) is 36.3 Å². The maximum absolute atomic E-state index is 12.8. The third-order valence-electron chi connectivity index (χ3n) is 4.04. The zero-order valence-corrected chi connectivity index (χ0v) is 12.6. The van der Waals surface area contributed by atoms with Gasteiger partial charge >= 0.3 is 0 Å². The molecular formula is C14H20ClNO2S. The van der Waals surface area contributed by atoms with Crippen molar-refractivity contribution >= 4 is 21.4 Å². The average Bonchev–Trinajstić information content (AvgIpc) is 2.39. The summed E-state index contributed by atoms with van der Waals surface area (Å²) in [5, 5.41) is -0.0994. The maximum atomic E-state index is 12.8. The Balaban J connectivity index is 2.40. The fourth-order valence-electron chi connectivity index (χ4n) is 2.88. The van der Waals surface area contributed by atoms with Crippen molar-refractivity contribution in [1.82, 2.24) is 0 Å². The molecule has 0 radical (unpaired) electrons. The maximum Gasteiger partial charge on any atom is 0.183 e.